The molecule has 0 saturated carbocycles. The zero-order valence-corrected chi connectivity index (χ0v) is 15.3. The molecule has 0 amide bonds. The van der Waals surface area contributed by atoms with E-state index in [4.69, 9.17) is 9.47 Å². The Morgan fingerprint density at radius 2 is 1.80 bits per heavy atom. The lowest BCUT2D eigenvalue weighted by Gasteiger charge is -2.23. The number of allylic oxidation sites excluding steroid dienone is 1. The van der Waals surface area contributed by atoms with Crippen molar-refractivity contribution >= 4 is 27.4 Å². The van der Waals surface area contributed by atoms with Gasteiger partial charge in [-0.3, -0.25) is 4.79 Å². The van der Waals surface area contributed by atoms with E-state index in [2.05, 4.69) is 27.3 Å². The van der Waals surface area contributed by atoms with Crippen LogP contribution < -0.4 is 14.8 Å². The van der Waals surface area contributed by atoms with E-state index in [-0.39, 0.29) is 5.78 Å². The minimum Gasteiger partial charge on any atom is -0.490 e. The monoisotopic (exact) mass is 399 g/mol. The molecule has 4 rings (SSSR count). The first-order chi connectivity index (χ1) is 12.2. The molecule has 0 saturated heterocycles. The van der Waals surface area contributed by atoms with Crippen LogP contribution in [0.5, 0.6) is 11.5 Å². The second kappa shape index (κ2) is 6.92. The number of carbonyl (C=O) groups is 1. The van der Waals surface area contributed by atoms with Crippen LogP contribution in [0.3, 0.4) is 0 Å². The van der Waals surface area contributed by atoms with E-state index in [1.165, 1.54) is 5.56 Å². The summed E-state index contributed by atoms with van der Waals surface area (Å²) in [5, 5.41) is 3.34. The fourth-order valence-corrected chi connectivity index (χ4v) is 3.36. The number of ether oxygens (including phenoxy) is 2. The molecule has 0 atom stereocenters. The SMILES string of the molecule is O=C(C=C1NCCc2cc3c(cc21)OCCCO3)c1ccc(Br)cc1. The first-order valence-corrected chi connectivity index (χ1v) is 9.18. The lowest BCUT2D eigenvalue weighted by atomic mass is 9.95. The summed E-state index contributed by atoms with van der Waals surface area (Å²) in [4.78, 5) is 12.6. The maximum Gasteiger partial charge on any atom is 0.187 e. The molecule has 128 valence electrons. The van der Waals surface area contributed by atoms with Crippen molar-refractivity contribution in [2.75, 3.05) is 19.8 Å². The molecule has 0 spiro atoms. The van der Waals surface area contributed by atoms with Crippen LogP contribution in [0.4, 0.5) is 0 Å². The number of hydrogen-bond acceptors (Lipinski definition) is 4. The number of benzene rings is 2. The Balaban J connectivity index is 1.70. The van der Waals surface area contributed by atoms with Crippen molar-refractivity contribution in [1.82, 2.24) is 5.32 Å². The van der Waals surface area contributed by atoms with Gasteiger partial charge in [0.25, 0.3) is 0 Å². The average Bonchev–Trinajstić information content (AvgIpc) is 2.85. The van der Waals surface area contributed by atoms with E-state index in [9.17, 15) is 4.79 Å². The molecule has 4 nitrogen and oxygen atoms in total. The summed E-state index contributed by atoms with van der Waals surface area (Å²) in [5.74, 6) is 1.54. The smallest absolute Gasteiger partial charge is 0.187 e. The van der Waals surface area contributed by atoms with Gasteiger partial charge in [0.05, 0.1) is 13.2 Å². The van der Waals surface area contributed by atoms with E-state index in [0.29, 0.717) is 18.8 Å². The van der Waals surface area contributed by atoms with Crippen molar-refractivity contribution in [3.05, 3.63) is 63.6 Å². The van der Waals surface area contributed by atoms with Gasteiger partial charge >= 0.3 is 0 Å². The van der Waals surface area contributed by atoms with E-state index >= 15 is 0 Å². The van der Waals surface area contributed by atoms with Gasteiger partial charge in [-0.25, -0.2) is 0 Å². The number of rotatable bonds is 2. The van der Waals surface area contributed by atoms with E-state index < -0.39 is 0 Å². The average molecular weight is 400 g/mol. The highest BCUT2D eigenvalue weighted by molar-refractivity contribution is 9.10. The highest BCUT2D eigenvalue weighted by Crippen LogP contribution is 2.36. The fraction of sp³-hybridized carbons (Fsp3) is 0.250. The molecular formula is C20H18BrNO3. The van der Waals surface area contributed by atoms with Crippen LogP contribution in [0.1, 0.15) is 27.9 Å². The van der Waals surface area contributed by atoms with Gasteiger partial charge in [-0.05, 0) is 48.4 Å². The molecule has 0 bridgehead atoms. The topological polar surface area (TPSA) is 47.6 Å². The molecule has 2 heterocycles. The van der Waals surface area contributed by atoms with E-state index in [1.807, 2.05) is 30.3 Å². The molecule has 25 heavy (non-hydrogen) atoms. The van der Waals surface area contributed by atoms with Gasteiger partial charge in [0.15, 0.2) is 17.3 Å². The summed E-state index contributed by atoms with van der Waals surface area (Å²) in [6, 6.07) is 11.4. The van der Waals surface area contributed by atoms with Crippen LogP contribution in [0, 0.1) is 0 Å². The van der Waals surface area contributed by atoms with Crippen LogP contribution in [0.25, 0.3) is 5.70 Å². The van der Waals surface area contributed by atoms with Crippen LogP contribution in [0.2, 0.25) is 0 Å². The Morgan fingerprint density at radius 1 is 1.08 bits per heavy atom. The molecule has 5 heteroatoms. The predicted octanol–water partition coefficient (Wildman–Crippen LogP) is 3.98. The Labute approximate surface area is 155 Å². The molecule has 2 aromatic rings. The van der Waals surface area contributed by atoms with Crippen LogP contribution in [-0.2, 0) is 6.42 Å². The maximum atomic E-state index is 12.6. The summed E-state index contributed by atoms with van der Waals surface area (Å²) in [5.41, 5.74) is 3.70. The third kappa shape index (κ3) is 3.42. The molecule has 0 aromatic heterocycles. The number of halogens is 1. The van der Waals surface area contributed by atoms with Gasteiger partial charge < -0.3 is 14.8 Å². The minimum atomic E-state index is -0.0186. The third-order valence-corrected chi connectivity index (χ3v) is 4.91. The number of hydrogen-bond donors (Lipinski definition) is 1. The van der Waals surface area contributed by atoms with E-state index in [0.717, 1.165) is 46.6 Å². The molecule has 0 unspecified atom stereocenters. The molecule has 2 aliphatic rings. The zero-order chi connectivity index (χ0) is 17.2. The highest BCUT2D eigenvalue weighted by Gasteiger charge is 2.20. The molecule has 0 radical (unpaired) electrons. The van der Waals surface area contributed by atoms with Gasteiger partial charge in [-0.2, -0.15) is 0 Å². The molecular weight excluding hydrogens is 382 g/mol. The fourth-order valence-electron chi connectivity index (χ4n) is 3.09. The summed E-state index contributed by atoms with van der Waals surface area (Å²) < 4.78 is 12.5. The largest absolute Gasteiger partial charge is 0.490 e. The summed E-state index contributed by atoms with van der Waals surface area (Å²) in [6.45, 7) is 2.12. The normalized spacial score (nSPS) is 17.4. The second-order valence-corrected chi connectivity index (χ2v) is 7.03. The van der Waals surface area contributed by atoms with Crippen LogP contribution in [-0.4, -0.2) is 25.5 Å². The predicted molar refractivity (Wildman–Crippen MR) is 100 cm³/mol. The quantitative estimate of drug-likeness (QED) is 0.612. The number of nitrogens with one attached hydrogen (secondary N) is 1. The van der Waals surface area contributed by atoms with Gasteiger partial charge in [0.2, 0.25) is 0 Å². The van der Waals surface area contributed by atoms with Crippen molar-refractivity contribution in [2.24, 2.45) is 0 Å². The van der Waals surface area contributed by atoms with Crippen molar-refractivity contribution in [2.45, 2.75) is 12.8 Å². The molecule has 2 aliphatic heterocycles. The minimum absolute atomic E-state index is 0.0186. The van der Waals surface area contributed by atoms with E-state index in [1.54, 1.807) is 6.08 Å². The lowest BCUT2D eigenvalue weighted by Crippen LogP contribution is -2.23. The van der Waals surface area contributed by atoms with Gasteiger partial charge in [-0.1, -0.05) is 15.9 Å². The molecule has 2 aromatic carbocycles. The Hall–Kier alpha value is -2.27. The Morgan fingerprint density at radius 3 is 2.56 bits per heavy atom. The van der Waals surface area contributed by atoms with Crippen molar-refractivity contribution < 1.29 is 14.3 Å². The zero-order valence-electron chi connectivity index (χ0n) is 13.7. The van der Waals surface area contributed by atoms with Crippen molar-refractivity contribution in [3.63, 3.8) is 0 Å². The molecule has 0 aliphatic carbocycles. The Bertz CT molecular complexity index is 843. The van der Waals surface area contributed by atoms with Crippen molar-refractivity contribution in [3.8, 4) is 11.5 Å². The van der Waals surface area contributed by atoms with Crippen molar-refractivity contribution in [1.29, 1.82) is 0 Å². The highest BCUT2D eigenvalue weighted by atomic mass is 79.9. The van der Waals surface area contributed by atoms with Crippen LogP contribution >= 0.6 is 15.9 Å². The van der Waals surface area contributed by atoms with Crippen LogP contribution in [0.15, 0.2) is 46.9 Å². The number of fused-ring (bicyclic) bond motifs is 2. The lowest BCUT2D eigenvalue weighted by molar-refractivity contribution is 0.104. The summed E-state index contributed by atoms with van der Waals surface area (Å²) in [7, 11) is 0. The summed E-state index contributed by atoms with van der Waals surface area (Å²) in [6.07, 6.45) is 3.45. The first-order valence-electron chi connectivity index (χ1n) is 8.39. The standard InChI is InChI=1S/C20H18BrNO3/c21-15-4-2-13(3-5-15)18(23)12-17-16-11-20-19(24-8-1-9-25-20)10-14(16)6-7-22-17/h2-5,10-12,22H,1,6-9H2. The second-order valence-electron chi connectivity index (χ2n) is 6.11. The molecule has 1 N–H and O–H groups in total. The first kappa shape index (κ1) is 16.2. The van der Waals surface area contributed by atoms with Gasteiger partial charge in [-0.15, -0.1) is 0 Å². The molecule has 0 fully saturated rings. The maximum absolute atomic E-state index is 12.6. The van der Waals surface area contributed by atoms with Gasteiger partial charge in [0, 0.05) is 40.3 Å². The number of ketones is 1. The number of carbonyl (C=O) groups excluding carboxylic acids is 1. The Kier molecular flexibility index (Phi) is 4.49. The third-order valence-electron chi connectivity index (χ3n) is 4.38. The van der Waals surface area contributed by atoms with Gasteiger partial charge in [0.1, 0.15) is 0 Å². The summed E-state index contributed by atoms with van der Waals surface area (Å²) >= 11 is 3.39.